The van der Waals surface area contributed by atoms with Crippen LogP contribution in [-0.4, -0.2) is 62.2 Å². The van der Waals surface area contributed by atoms with Crippen LogP contribution in [0, 0.1) is 0 Å². The molecule has 3 heteroatoms. The molecule has 0 radical (unpaired) electrons. The third-order valence-electron chi connectivity index (χ3n) is 3.20. The van der Waals surface area contributed by atoms with Crippen molar-refractivity contribution < 1.29 is 0 Å². The molecular weight excluding hydrogens is 198 g/mol. The van der Waals surface area contributed by atoms with E-state index in [1.807, 2.05) is 0 Å². The highest BCUT2D eigenvalue weighted by atomic mass is 15.2. The zero-order chi connectivity index (χ0) is 12.0. The van der Waals surface area contributed by atoms with Crippen LogP contribution in [0.4, 0.5) is 0 Å². The van der Waals surface area contributed by atoms with Gasteiger partial charge in [-0.1, -0.05) is 0 Å². The second-order valence-electron chi connectivity index (χ2n) is 5.95. The molecule has 0 atom stereocenters. The molecule has 1 heterocycles. The van der Waals surface area contributed by atoms with Gasteiger partial charge in [-0.15, -0.1) is 0 Å². The van der Waals surface area contributed by atoms with Crippen LogP contribution in [0.15, 0.2) is 0 Å². The zero-order valence-electron chi connectivity index (χ0n) is 11.6. The van der Waals surface area contributed by atoms with Gasteiger partial charge in [0.25, 0.3) is 0 Å². The summed E-state index contributed by atoms with van der Waals surface area (Å²) in [6.07, 6.45) is 3.93. The Kier molecular flexibility index (Phi) is 5.73. The Morgan fingerprint density at radius 2 is 2.00 bits per heavy atom. The van der Waals surface area contributed by atoms with Gasteiger partial charge < -0.3 is 15.1 Å². The van der Waals surface area contributed by atoms with Crippen molar-refractivity contribution in [1.82, 2.24) is 15.1 Å². The highest BCUT2D eigenvalue weighted by Crippen LogP contribution is 2.11. The Morgan fingerprint density at radius 1 is 1.25 bits per heavy atom. The fourth-order valence-electron chi connectivity index (χ4n) is 2.38. The van der Waals surface area contributed by atoms with Crippen LogP contribution in [0.2, 0.25) is 0 Å². The number of unbranched alkanes of at least 4 members (excludes halogenated alkanes) is 1. The van der Waals surface area contributed by atoms with Gasteiger partial charge in [0.15, 0.2) is 0 Å². The SMILES string of the molecule is CN(C)CCCCN1CCCNC(C)(C)C1. The lowest BCUT2D eigenvalue weighted by molar-refractivity contribution is 0.224. The van der Waals surface area contributed by atoms with Crippen molar-refractivity contribution in [1.29, 1.82) is 0 Å². The normalized spacial score (nSPS) is 22.3. The molecule has 0 saturated carbocycles. The average molecular weight is 227 g/mol. The van der Waals surface area contributed by atoms with Crippen molar-refractivity contribution in [2.24, 2.45) is 0 Å². The molecule has 0 aliphatic carbocycles. The summed E-state index contributed by atoms with van der Waals surface area (Å²) in [5, 5.41) is 3.61. The highest BCUT2D eigenvalue weighted by molar-refractivity contribution is 4.84. The van der Waals surface area contributed by atoms with Crippen LogP contribution in [0.25, 0.3) is 0 Å². The Labute approximate surface area is 101 Å². The van der Waals surface area contributed by atoms with Crippen molar-refractivity contribution in [2.75, 3.05) is 46.8 Å². The Balaban J connectivity index is 2.19. The zero-order valence-corrected chi connectivity index (χ0v) is 11.6. The van der Waals surface area contributed by atoms with E-state index in [0.29, 0.717) is 0 Å². The van der Waals surface area contributed by atoms with Gasteiger partial charge >= 0.3 is 0 Å². The average Bonchev–Trinajstić information content (AvgIpc) is 2.33. The summed E-state index contributed by atoms with van der Waals surface area (Å²) >= 11 is 0. The van der Waals surface area contributed by atoms with Crippen LogP contribution in [0.1, 0.15) is 33.1 Å². The van der Waals surface area contributed by atoms with E-state index in [4.69, 9.17) is 0 Å². The molecule has 1 fully saturated rings. The van der Waals surface area contributed by atoms with Crippen LogP contribution >= 0.6 is 0 Å². The molecule has 1 saturated heterocycles. The second-order valence-corrected chi connectivity index (χ2v) is 5.95. The Hall–Kier alpha value is -0.120. The first-order chi connectivity index (χ1) is 7.49. The third kappa shape index (κ3) is 5.83. The molecule has 0 unspecified atom stereocenters. The van der Waals surface area contributed by atoms with E-state index in [-0.39, 0.29) is 5.54 Å². The second kappa shape index (κ2) is 6.58. The number of hydrogen-bond donors (Lipinski definition) is 1. The minimum absolute atomic E-state index is 0.290. The Morgan fingerprint density at radius 3 is 2.69 bits per heavy atom. The first-order valence-corrected chi connectivity index (χ1v) is 6.62. The van der Waals surface area contributed by atoms with Gasteiger partial charge in [0, 0.05) is 12.1 Å². The summed E-state index contributed by atoms with van der Waals surface area (Å²) < 4.78 is 0. The minimum atomic E-state index is 0.290. The molecule has 0 amide bonds. The molecule has 1 rings (SSSR count). The van der Waals surface area contributed by atoms with E-state index in [1.165, 1.54) is 52.0 Å². The smallest absolute Gasteiger partial charge is 0.0252 e. The number of rotatable bonds is 5. The first kappa shape index (κ1) is 13.9. The fourth-order valence-corrected chi connectivity index (χ4v) is 2.38. The summed E-state index contributed by atoms with van der Waals surface area (Å²) in [6, 6.07) is 0. The minimum Gasteiger partial charge on any atom is -0.310 e. The largest absolute Gasteiger partial charge is 0.310 e. The third-order valence-corrected chi connectivity index (χ3v) is 3.20. The van der Waals surface area contributed by atoms with Crippen molar-refractivity contribution in [2.45, 2.75) is 38.6 Å². The lowest BCUT2D eigenvalue weighted by Crippen LogP contribution is -2.46. The molecule has 0 aromatic carbocycles. The van der Waals surface area contributed by atoms with Crippen molar-refractivity contribution in [3.05, 3.63) is 0 Å². The molecule has 0 aromatic heterocycles. The van der Waals surface area contributed by atoms with Gasteiger partial charge in [-0.25, -0.2) is 0 Å². The monoisotopic (exact) mass is 227 g/mol. The van der Waals surface area contributed by atoms with Gasteiger partial charge in [0.2, 0.25) is 0 Å². The molecule has 96 valence electrons. The number of nitrogens with one attached hydrogen (secondary N) is 1. The summed E-state index contributed by atoms with van der Waals surface area (Å²) in [5.41, 5.74) is 0.290. The molecular formula is C13H29N3. The summed E-state index contributed by atoms with van der Waals surface area (Å²) in [7, 11) is 4.30. The van der Waals surface area contributed by atoms with Crippen LogP contribution < -0.4 is 5.32 Å². The van der Waals surface area contributed by atoms with E-state index in [0.717, 1.165) is 0 Å². The summed E-state index contributed by atoms with van der Waals surface area (Å²) in [6.45, 7) is 10.7. The van der Waals surface area contributed by atoms with Crippen molar-refractivity contribution >= 4 is 0 Å². The molecule has 0 aromatic rings. The van der Waals surface area contributed by atoms with E-state index >= 15 is 0 Å². The number of hydrogen-bond acceptors (Lipinski definition) is 3. The van der Waals surface area contributed by atoms with E-state index in [9.17, 15) is 0 Å². The van der Waals surface area contributed by atoms with E-state index in [2.05, 4.69) is 43.1 Å². The topological polar surface area (TPSA) is 18.5 Å². The molecule has 3 nitrogen and oxygen atoms in total. The maximum absolute atomic E-state index is 3.61. The molecule has 1 aliphatic rings. The highest BCUT2D eigenvalue weighted by Gasteiger charge is 2.23. The van der Waals surface area contributed by atoms with Gasteiger partial charge in [-0.05, 0) is 73.4 Å². The quantitative estimate of drug-likeness (QED) is 0.716. The van der Waals surface area contributed by atoms with Gasteiger partial charge in [-0.2, -0.15) is 0 Å². The summed E-state index contributed by atoms with van der Waals surface area (Å²) in [4.78, 5) is 4.89. The van der Waals surface area contributed by atoms with Crippen molar-refractivity contribution in [3.63, 3.8) is 0 Å². The maximum atomic E-state index is 3.61. The predicted molar refractivity (Wildman–Crippen MR) is 70.9 cm³/mol. The van der Waals surface area contributed by atoms with Gasteiger partial charge in [-0.3, -0.25) is 0 Å². The van der Waals surface area contributed by atoms with Gasteiger partial charge in [0.05, 0.1) is 0 Å². The van der Waals surface area contributed by atoms with E-state index in [1.54, 1.807) is 0 Å². The maximum Gasteiger partial charge on any atom is 0.0252 e. The standard InChI is InChI=1S/C13H29N3/c1-13(2)12-16(11-7-8-14-13)10-6-5-9-15(3)4/h14H,5-12H2,1-4H3. The molecule has 0 spiro atoms. The van der Waals surface area contributed by atoms with Crippen LogP contribution in [-0.2, 0) is 0 Å². The molecule has 0 bridgehead atoms. The molecule has 1 aliphatic heterocycles. The number of nitrogens with zero attached hydrogens (tertiary/aromatic N) is 2. The molecule has 1 N–H and O–H groups in total. The van der Waals surface area contributed by atoms with E-state index < -0.39 is 0 Å². The summed E-state index contributed by atoms with van der Waals surface area (Å²) in [5.74, 6) is 0. The lowest BCUT2D eigenvalue weighted by atomic mass is 10.1. The first-order valence-electron chi connectivity index (χ1n) is 6.62. The predicted octanol–water partition coefficient (Wildman–Crippen LogP) is 1.40. The Bertz CT molecular complexity index is 190. The van der Waals surface area contributed by atoms with Gasteiger partial charge in [0.1, 0.15) is 0 Å². The fraction of sp³-hybridized carbons (Fsp3) is 1.00. The van der Waals surface area contributed by atoms with Crippen LogP contribution in [0.3, 0.4) is 0 Å². The molecule has 16 heavy (non-hydrogen) atoms. The lowest BCUT2D eigenvalue weighted by Gasteiger charge is -2.30. The van der Waals surface area contributed by atoms with Crippen LogP contribution in [0.5, 0.6) is 0 Å². The van der Waals surface area contributed by atoms with Crippen molar-refractivity contribution in [3.8, 4) is 0 Å².